The molecule has 4 heteroatoms. The molecule has 0 bridgehead atoms. The van der Waals surface area contributed by atoms with Crippen molar-refractivity contribution in [3.8, 4) is 0 Å². The highest BCUT2D eigenvalue weighted by Crippen LogP contribution is 2.18. The zero-order valence-corrected chi connectivity index (χ0v) is 11.3. The second-order valence-corrected chi connectivity index (χ2v) is 4.63. The Labute approximate surface area is 109 Å². The van der Waals surface area contributed by atoms with Gasteiger partial charge < -0.3 is 5.32 Å². The van der Waals surface area contributed by atoms with Gasteiger partial charge in [0.2, 0.25) is 0 Å². The lowest BCUT2D eigenvalue weighted by molar-refractivity contribution is -0.384. The van der Waals surface area contributed by atoms with E-state index in [1.807, 2.05) is 12.1 Å². The molecule has 0 aliphatic heterocycles. The average Bonchev–Trinajstić information content (AvgIpc) is 2.38. The van der Waals surface area contributed by atoms with Crippen molar-refractivity contribution in [3.63, 3.8) is 0 Å². The van der Waals surface area contributed by atoms with Crippen LogP contribution in [0.1, 0.15) is 51.6 Å². The van der Waals surface area contributed by atoms with Gasteiger partial charge in [-0.2, -0.15) is 0 Å². The van der Waals surface area contributed by atoms with E-state index in [4.69, 9.17) is 0 Å². The van der Waals surface area contributed by atoms with Crippen molar-refractivity contribution in [2.75, 3.05) is 0 Å². The van der Waals surface area contributed by atoms with Gasteiger partial charge in [0.1, 0.15) is 0 Å². The van der Waals surface area contributed by atoms with E-state index in [9.17, 15) is 10.1 Å². The summed E-state index contributed by atoms with van der Waals surface area (Å²) in [6, 6.07) is 7.52. The smallest absolute Gasteiger partial charge is 0.269 e. The summed E-state index contributed by atoms with van der Waals surface area (Å²) in [7, 11) is 0. The fraction of sp³-hybridized carbons (Fsp3) is 0.571. The monoisotopic (exact) mass is 250 g/mol. The van der Waals surface area contributed by atoms with Gasteiger partial charge in [0, 0.05) is 24.2 Å². The Balaban J connectivity index is 2.65. The van der Waals surface area contributed by atoms with Gasteiger partial charge >= 0.3 is 0 Å². The number of rotatable bonds is 7. The van der Waals surface area contributed by atoms with Crippen LogP contribution < -0.4 is 5.32 Å². The van der Waals surface area contributed by atoms with E-state index in [0.29, 0.717) is 6.04 Å². The second kappa shape index (κ2) is 7.11. The van der Waals surface area contributed by atoms with E-state index in [1.54, 1.807) is 12.1 Å². The van der Waals surface area contributed by atoms with E-state index in [1.165, 1.54) is 6.42 Å². The molecule has 1 rings (SSSR count). The first-order chi connectivity index (χ1) is 8.58. The highest BCUT2D eigenvalue weighted by molar-refractivity contribution is 5.34. The topological polar surface area (TPSA) is 55.2 Å². The predicted molar refractivity (Wildman–Crippen MR) is 73.6 cm³/mol. The number of nitro groups is 1. The molecule has 1 N–H and O–H groups in total. The Morgan fingerprint density at radius 2 is 1.89 bits per heavy atom. The van der Waals surface area contributed by atoms with E-state index in [0.717, 1.165) is 18.4 Å². The lowest BCUT2D eigenvalue weighted by Crippen LogP contribution is -2.30. The van der Waals surface area contributed by atoms with Crippen molar-refractivity contribution in [1.29, 1.82) is 0 Å². The van der Waals surface area contributed by atoms with Crippen molar-refractivity contribution in [3.05, 3.63) is 39.9 Å². The maximum Gasteiger partial charge on any atom is 0.269 e. The van der Waals surface area contributed by atoms with Crippen molar-refractivity contribution in [1.82, 2.24) is 5.32 Å². The molecule has 0 heterocycles. The van der Waals surface area contributed by atoms with Crippen LogP contribution in [0.2, 0.25) is 0 Å². The van der Waals surface area contributed by atoms with E-state index in [2.05, 4.69) is 26.1 Å². The Hall–Kier alpha value is -1.42. The van der Waals surface area contributed by atoms with Crippen LogP contribution in [0, 0.1) is 10.1 Å². The summed E-state index contributed by atoms with van der Waals surface area (Å²) in [4.78, 5) is 10.2. The predicted octanol–water partition coefficient (Wildman–Crippen LogP) is 3.82. The van der Waals surface area contributed by atoms with Crippen molar-refractivity contribution < 1.29 is 4.92 Å². The maximum absolute atomic E-state index is 10.6. The number of benzene rings is 1. The summed E-state index contributed by atoms with van der Waals surface area (Å²) >= 11 is 0. The molecule has 2 atom stereocenters. The van der Waals surface area contributed by atoms with Gasteiger partial charge in [0.05, 0.1) is 4.92 Å². The summed E-state index contributed by atoms with van der Waals surface area (Å²) in [5.74, 6) is 0. The molecule has 0 amide bonds. The molecule has 0 aliphatic rings. The summed E-state index contributed by atoms with van der Waals surface area (Å²) in [5.41, 5.74) is 1.24. The average molecular weight is 250 g/mol. The first-order valence-electron chi connectivity index (χ1n) is 6.58. The number of non-ortho nitro benzene ring substituents is 1. The third-order valence-corrected chi connectivity index (χ3v) is 3.22. The highest BCUT2D eigenvalue weighted by Gasteiger charge is 2.12. The summed E-state index contributed by atoms with van der Waals surface area (Å²) in [6.07, 6.45) is 3.43. The summed E-state index contributed by atoms with van der Waals surface area (Å²) < 4.78 is 0. The first kappa shape index (κ1) is 14.6. The Bertz CT molecular complexity index is 376. The lowest BCUT2D eigenvalue weighted by Gasteiger charge is -2.22. The molecule has 1 aromatic carbocycles. The lowest BCUT2D eigenvalue weighted by atomic mass is 10.0. The Morgan fingerprint density at radius 3 is 2.33 bits per heavy atom. The fourth-order valence-corrected chi connectivity index (χ4v) is 2.09. The molecule has 1 aromatic rings. The normalized spacial score (nSPS) is 14.2. The minimum atomic E-state index is -0.367. The quantitative estimate of drug-likeness (QED) is 0.591. The zero-order chi connectivity index (χ0) is 13.5. The largest absolute Gasteiger partial charge is 0.307 e. The number of hydrogen-bond acceptors (Lipinski definition) is 3. The molecule has 0 radical (unpaired) electrons. The number of nitrogens with zero attached hydrogens (tertiary/aromatic N) is 1. The van der Waals surface area contributed by atoms with E-state index >= 15 is 0 Å². The zero-order valence-electron chi connectivity index (χ0n) is 11.3. The van der Waals surface area contributed by atoms with Gasteiger partial charge in [-0.25, -0.2) is 0 Å². The molecule has 0 aromatic heterocycles. The van der Waals surface area contributed by atoms with Gasteiger partial charge in [-0.3, -0.25) is 10.1 Å². The number of nitro benzene ring substituents is 1. The van der Waals surface area contributed by atoms with Gasteiger partial charge in [0.15, 0.2) is 0 Å². The molecular formula is C14H22N2O2. The van der Waals surface area contributed by atoms with E-state index < -0.39 is 0 Å². The molecule has 0 spiro atoms. The first-order valence-corrected chi connectivity index (χ1v) is 6.58. The standard InChI is InChI=1S/C14H22N2O2/c1-4-6-13(5-2)15-11(3)12-7-9-14(10-8-12)16(17)18/h7-11,13,15H,4-6H2,1-3H3. The summed E-state index contributed by atoms with van der Waals surface area (Å²) in [6.45, 7) is 6.45. The molecule has 0 saturated carbocycles. The van der Waals surface area contributed by atoms with Crippen LogP contribution in [0.25, 0.3) is 0 Å². The van der Waals surface area contributed by atoms with Crippen LogP contribution in [0.15, 0.2) is 24.3 Å². The Kier molecular flexibility index (Phi) is 5.78. The molecule has 0 fully saturated rings. The molecule has 2 unspecified atom stereocenters. The number of hydrogen-bond donors (Lipinski definition) is 1. The van der Waals surface area contributed by atoms with Gasteiger partial charge in [-0.1, -0.05) is 32.4 Å². The van der Waals surface area contributed by atoms with Crippen LogP contribution >= 0.6 is 0 Å². The van der Waals surface area contributed by atoms with Crippen molar-refractivity contribution in [2.45, 2.75) is 52.1 Å². The van der Waals surface area contributed by atoms with Crippen molar-refractivity contribution in [2.24, 2.45) is 0 Å². The molecule has 100 valence electrons. The van der Waals surface area contributed by atoms with Crippen LogP contribution in [0.4, 0.5) is 5.69 Å². The molecular weight excluding hydrogens is 228 g/mol. The van der Waals surface area contributed by atoms with E-state index in [-0.39, 0.29) is 16.7 Å². The molecule has 18 heavy (non-hydrogen) atoms. The van der Waals surface area contributed by atoms with Crippen molar-refractivity contribution >= 4 is 5.69 Å². The van der Waals surface area contributed by atoms with Crippen LogP contribution in [-0.4, -0.2) is 11.0 Å². The second-order valence-electron chi connectivity index (χ2n) is 4.63. The highest BCUT2D eigenvalue weighted by atomic mass is 16.6. The minimum absolute atomic E-state index is 0.145. The SMILES string of the molecule is CCCC(CC)NC(C)c1ccc([N+](=O)[O-])cc1. The third-order valence-electron chi connectivity index (χ3n) is 3.22. The van der Waals surface area contributed by atoms with Crippen LogP contribution in [0.3, 0.4) is 0 Å². The molecule has 4 nitrogen and oxygen atoms in total. The van der Waals surface area contributed by atoms with Gasteiger partial charge in [-0.05, 0) is 25.3 Å². The molecule has 0 saturated heterocycles. The fourth-order valence-electron chi connectivity index (χ4n) is 2.09. The molecule has 0 aliphatic carbocycles. The van der Waals surface area contributed by atoms with Gasteiger partial charge in [0.25, 0.3) is 5.69 Å². The third kappa shape index (κ3) is 4.11. The summed E-state index contributed by atoms with van der Waals surface area (Å²) in [5, 5.41) is 14.1. The van der Waals surface area contributed by atoms with Gasteiger partial charge in [-0.15, -0.1) is 0 Å². The minimum Gasteiger partial charge on any atom is -0.307 e. The van der Waals surface area contributed by atoms with Crippen LogP contribution in [0.5, 0.6) is 0 Å². The number of nitrogens with one attached hydrogen (secondary N) is 1. The maximum atomic E-state index is 10.6. The van der Waals surface area contributed by atoms with Crippen LogP contribution in [-0.2, 0) is 0 Å². The Morgan fingerprint density at radius 1 is 1.28 bits per heavy atom.